The lowest BCUT2D eigenvalue weighted by atomic mass is 10.1. The molecule has 44 heavy (non-hydrogen) atoms. The van der Waals surface area contributed by atoms with Gasteiger partial charge in [-0.1, -0.05) is 17.5 Å². The molecule has 0 bridgehead atoms. The number of fused-ring (bicyclic) bond motifs is 2. The minimum atomic E-state index is -4.21. The van der Waals surface area contributed by atoms with Crippen LogP contribution in [0.1, 0.15) is 24.6 Å². The van der Waals surface area contributed by atoms with Crippen LogP contribution in [0, 0.1) is 0 Å². The Morgan fingerprint density at radius 2 is 2.05 bits per heavy atom. The molecule has 0 amide bonds. The highest BCUT2D eigenvalue weighted by Gasteiger charge is 2.56. The summed E-state index contributed by atoms with van der Waals surface area (Å²) in [4.78, 5) is 47.6. The Kier molecular flexibility index (Phi) is 8.52. The van der Waals surface area contributed by atoms with Crippen molar-refractivity contribution in [1.82, 2.24) is 44.5 Å². The molecule has 0 aliphatic carbocycles. The molecular weight excluding hydrogens is 684 g/mol. The van der Waals surface area contributed by atoms with Crippen molar-refractivity contribution in [2.24, 2.45) is 0 Å². The number of aromatic amines is 1. The molecule has 2 aliphatic heterocycles. The summed E-state index contributed by atoms with van der Waals surface area (Å²) in [5.41, 5.74) is 9.51. The van der Waals surface area contributed by atoms with Crippen LogP contribution < -0.4 is 17.0 Å². The third-order valence-electron chi connectivity index (χ3n) is 6.91. The number of thioether (sulfide) groups is 1. The summed E-state index contributed by atoms with van der Waals surface area (Å²) in [5.74, 6) is -0.206. The van der Waals surface area contributed by atoms with E-state index in [0.717, 1.165) is 16.4 Å². The van der Waals surface area contributed by atoms with Crippen molar-refractivity contribution >= 4 is 77.9 Å². The quantitative estimate of drug-likeness (QED) is 0.0804. The van der Waals surface area contributed by atoms with Crippen LogP contribution in [0.3, 0.4) is 0 Å². The average Bonchev–Trinajstić information content (AvgIpc) is 3.73. The van der Waals surface area contributed by atoms with Gasteiger partial charge < -0.3 is 35.6 Å². The predicted octanol–water partition coefficient (Wildman–Crippen LogP) is -0.537. The number of ether oxygens (including phenoxy) is 1. The molecule has 0 radical (unpaired) electrons. The van der Waals surface area contributed by atoms with Crippen LogP contribution in [0.4, 0.5) is 11.8 Å². The molecule has 4 aromatic rings. The standard InChI is InChI=1S/C19H25N11O9P2S3/c20-14-16-22-3-9(29(16)24-7-23-14)10-2-1-8(38-10)4-37-41(35,43)39-19(6-44-11(13(19)31)5-36-40(33,34)42)30-15-12(27-28-30)17(32)26-18(21)25-15/h3,7-8,10-11,13,31H,1-2,4-6H2,(H,35,43)(H2,20,23,24)(H2,33,34,42)(H3,21,25,26,32)/t8-,10+,11+,13+,19+,41?/m0/s1. The van der Waals surface area contributed by atoms with Gasteiger partial charge in [0.2, 0.25) is 11.7 Å². The van der Waals surface area contributed by atoms with Gasteiger partial charge in [-0.25, -0.2) is 19.0 Å². The number of nitrogens with two attached hydrogens (primary N) is 2. The molecular formula is C19H25N11O9P2S3. The third kappa shape index (κ3) is 6.11. The van der Waals surface area contributed by atoms with Gasteiger partial charge in [0.15, 0.2) is 22.6 Å². The summed E-state index contributed by atoms with van der Waals surface area (Å²) in [7, 11) is 0. The number of nitrogen functional groups attached to an aromatic ring is 2. The van der Waals surface area contributed by atoms with Gasteiger partial charge >= 0.3 is 13.5 Å². The lowest BCUT2D eigenvalue weighted by molar-refractivity contribution is -0.107. The minimum Gasteiger partial charge on any atom is -0.387 e. The lowest BCUT2D eigenvalue weighted by Crippen LogP contribution is -2.49. The topological polar surface area (TPSA) is 286 Å². The van der Waals surface area contributed by atoms with Crippen molar-refractivity contribution in [2.75, 3.05) is 30.4 Å². The van der Waals surface area contributed by atoms with Crippen molar-refractivity contribution < 1.29 is 37.8 Å². The number of thiol groups is 1. The molecule has 2 saturated heterocycles. The number of anilines is 2. The Morgan fingerprint density at radius 1 is 1.25 bits per heavy atom. The molecule has 20 nitrogen and oxygen atoms in total. The van der Waals surface area contributed by atoms with Gasteiger partial charge in [-0.2, -0.15) is 14.8 Å². The number of nitrogens with one attached hydrogen (secondary N) is 1. The zero-order valence-corrected chi connectivity index (χ0v) is 26.5. The maximum atomic E-state index is 12.4. The Hall–Kier alpha value is -2.27. The maximum Gasteiger partial charge on any atom is 0.383 e. The minimum absolute atomic E-state index is 0.152. The molecule has 4 aromatic heterocycles. The van der Waals surface area contributed by atoms with E-state index in [1.54, 1.807) is 6.20 Å². The summed E-state index contributed by atoms with van der Waals surface area (Å²) < 4.78 is 36.8. The first-order valence-corrected chi connectivity index (χ1v) is 19.0. The molecule has 0 aromatic carbocycles. The second-order valence-electron chi connectivity index (χ2n) is 9.79. The van der Waals surface area contributed by atoms with Crippen LogP contribution in [0.5, 0.6) is 0 Å². The molecule has 8 N–H and O–H groups in total. The number of aliphatic hydroxyl groups is 1. The Labute approximate surface area is 260 Å². The van der Waals surface area contributed by atoms with Crippen LogP contribution >= 0.6 is 37.5 Å². The van der Waals surface area contributed by atoms with Gasteiger partial charge in [0.05, 0.1) is 36.5 Å². The van der Waals surface area contributed by atoms with Gasteiger partial charge in [0.25, 0.3) is 5.56 Å². The van der Waals surface area contributed by atoms with Crippen LogP contribution in [0.25, 0.3) is 16.8 Å². The Balaban J connectivity index is 1.22. The van der Waals surface area contributed by atoms with Crippen LogP contribution in [0.15, 0.2) is 17.3 Å². The number of H-pyrrole nitrogens is 1. The largest absolute Gasteiger partial charge is 0.387 e. The summed E-state index contributed by atoms with van der Waals surface area (Å²) in [5, 5.41) is 22.5. The SMILES string of the molecule is Nc1nc2c(nnn2[C@@]2(OP(O)(=S)OC[C@@H]3CC[C@H](c4cnc5c(N)ncnn45)O3)CS[C@H](COP(=O)(O)S)[C@H]2O)c(=O)[nH]1. The molecule has 238 valence electrons. The van der Waals surface area contributed by atoms with Gasteiger partial charge in [0, 0.05) is 5.75 Å². The highest BCUT2D eigenvalue weighted by molar-refractivity contribution is 8.44. The van der Waals surface area contributed by atoms with E-state index in [1.165, 1.54) is 10.8 Å². The second-order valence-corrected chi connectivity index (χ2v) is 16.5. The first kappa shape index (κ1) is 31.7. The predicted molar refractivity (Wildman–Crippen MR) is 161 cm³/mol. The van der Waals surface area contributed by atoms with Crippen molar-refractivity contribution in [3.8, 4) is 0 Å². The molecule has 7 atom stereocenters. The van der Waals surface area contributed by atoms with E-state index < -0.39 is 55.0 Å². The van der Waals surface area contributed by atoms with E-state index >= 15 is 0 Å². The smallest absolute Gasteiger partial charge is 0.383 e. The first-order chi connectivity index (χ1) is 20.8. The fourth-order valence-corrected chi connectivity index (χ4v) is 8.66. The normalized spacial score (nSPS) is 28.5. The molecule has 2 fully saturated rings. The summed E-state index contributed by atoms with van der Waals surface area (Å²) in [6.45, 7) is -9.04. The number of imidazole rings is 1. The second kappa shape index (κ2) is 11.8. The molecule has 2 aliphatic rings. The van der Waals surface area contributed by atoms with Crippen LogP contribution in [-0.4, -0.2) is 95.9 Å². The third-order valence-corrected chi connectivity index (χ3v) is 10.7. The summed E-state index contributed by atoms with van der Waals surface area (Å²) in [6.07, 6.45) is 1.49. The number of aliphatic hydroxyl groups excluding tert-OH is 1. The molecule has 2 unspecified atom stereocenters. The number of hydrogen-bond acceptors (Lipinski definition) is 17. The fraction of sp³-hybridized carbons (Fsp3) is 0.526. The number of nitrogens with zero attached hydrogens (tertiary/aromatic N) is 8. The molecule has 6 heterocycles. The monoisotopic (exact) mass is 709 g/mol. The summed E-state index contributed by atoms with van der Waals surface area (Å²) in [6, 6.07) is 0. The van der Waals surface area contributed by atoms with Crippen LogP contribution in [0.2, 0.25) is 0 Å². The zero-order chi connectivity index (χ0) is 31.4. The van der Waals surface area contributed by atoms with E-state index in [-0.39, 0.29) is 35.3 Å². The number of rotatable bonds is 10. The summed E-state index contributed by atoms with van der Waals surface area (Å²) >= 11 is 9.88. The van der Waals surface area contributed by atoms with E-state index in [4.69, 9.17) is 41.6 Å². The van der Waals surface area contributed by atoms with E-state index in [9.17, 15) is 24.3 Å². The van der Waals surface area contributed by atoms with Gasteiger partial charge in [-0.3, -0.25) is 18.8 Å². The van der Waals surface area contributed by atoms with E-state index in [2.05, 4.69) is 47.6 Å². The van der Waals surface area contributed by atoms with Crippen molar-refractivity contribution in [2.45, 2.75) is 42.1 Å². The Bertz CT molecular complexity index is 1870. The molecule has 25 heteroatoms. The number of aromatic nitrogens is 9. The van der Waals surface area contributed by atoms with E-state index in [0.29, 0.717) is 24.2 Å². The number of hydrogen-bond donors (Lipinski definition) is 7. The van der Waals surface area contributed by atoms with Crippen molar-refractivity contribution in [1.29, 1.82) is 0 Å². The highest BCUT2D eigenvalue weighted by Crippen LogP contribution is 2.56. The lowest BCUT2D eigenvalue weighted by Gasteiger charge is -2.35. The van der Waals surface area contributed by atoms with Crippen molar-refractivity contribution in [3.63, 3.8) is 0 Å². The van der Waals surface area contributed by atoms with Gasteiger partial charge in [-0.15, -0.1) is 16.9 Å². The van der Waals surface area contributed by atoms with Gasteiger partial charge in [0.1, 0.15) is 18.5 Å². The maximum absolute atomic E-state index is 12.4. The van der Waals surface area contributed by atoms with Gasteiger partial charge in [-0.05, 0) is 24.6 Å². The highest BCUT2D eigenvalue weighted by atomic mass is 32.7. The van der Waals surface area contributed by atoms with Crippen LogP contribution in [-0.2, 0) is 40.4 Å². The molecule has 0 saturated carbocycles. The average molecular weight is 710 g/mol. The zero-order valence-electron chi connectivity index (χ0n) is 22.2. The van der Waals surface area contributed by atoms with E-state index in [1.807, 2.05) is 0 Å². The molecule has 6 rings (SSSR count). The first-order valence-electron chi connectivity index (χ1n) is 12.7. The Morgan fingerprint density at radius 3 is 2.82 bits per heavy atom. The van der Waals surface area contributed by atoms with Crippen molar-refractivity contribution in [3.05, 3.63) is 28.6 Å². The fourth-order valence-electron chi connectivity index (χ4n) is 4.93. The molecule has 0 spiro atoms.